The first kappa shape index (κ1) is 8.02. The van der Waals surface area contributed by atoms with Gasteiger partial charge in [0.05, 0.1) is 0 Å². The topological polar surface area (TPSA) is 18.5 Å². The second-order valence-corrected chi connectivity index (χ2v) is 2.72. The monoisotopic (exact) mass is 144 g/mol. The molecule has 0 aromatic rings. The van der Waals surface area contributed by atoms with Crippen LogP contribution in [0.1, 0.15) is 32.6 Å². The number of hydrogen-bond donors (Lipinski definition) is 0. The molecule has 1 heterocycles. The SMILES string of the molecule is CC1OCCCCCCO1. The van der Waals surface area contributed by atoms with Crippen molar-refractivity contribution in [2.24, 2.45) is 0 Å². The lowest BCUT2D eigenvalue weighted by Gasteiger charge is -2.11. The lowest BCUT2D eigenvalue weighted by atomic mass is 10.2. The lowest BCUT2D eigenvalue weighted by Crippen LogP contribution is -2.13. The van der Waals surface area contributed by atoms with Crippen molar-refractivity contribution >= 4 is 0 Å². The van der Waals surface area contributed by atoms with Gasteiger partial charge in [-0.2, -0.15) is 0 Å². The van der Waals surface area contributed by atoms with Crippen molar-refractivity contribution in [2.45, 2.75) is 38.9 Å². The Morgan fingerprint density at radius 3 is 1.90 bits per heavy atom. The van der Waals surface area contributed by atoms with Crippen LogP contribution in [0.5, 0.6) is 0 Å². The Morgan fingerprint density at radius 1 is 0.900 bits per heavy atom. The van der Waals surface area contributed by atoms with Crippen LogP contribution in [-0.2, 0) is 9.47 Å². The second-order valence-electron chi connectivity index (χ2n) is 2.72. The smallest absolute Gasteiger partial charge is 0.154 e. The minimum absolute atomic E-state index is 0.0121. The molecule has 2 nitrogen and oxygen atoms in total. The maximum Gasteiger partial charge on any atom is 0.154 e. The molecule has 0 aromatic carbocycles. The molecule has 1 fully saturated rings. The van der Waals surface area contributed by atoms with Gasteiger partial charge in [-0.1, -0.05) is 12.8 Å². The van der Waals surface area contributed by atoms with Gasteiger partial charge in [0.25, 0.3) is 0 Å². The van der Waals surface area contributed by atoms with Gasteiger partial charge in [-0.25, -0.2) is 0 Å². The molecule has 1 rings (SSSR count). The largest absolute Gasteiger partial charge is 0.353 e. The van der Waals surface area contributed by atoms with Gasteiger partial charge in [0.2, 0.25) is 0 Å². The molecule has 0 spiro atoms. The van der Waals surface area contributed by atoms with Crippen LogP contribution in [0.2, 0.25) is 0 Å². The highest BCUT2D eigenvalue weighted by Crippen LogP contribution is 2.06. The summed E-state index contributed by atoms with van der Waals surface area (Å²) >= 11 is 0. The number of rotatable bonds is 0. The predicted molar refractivity (Wildman–Crippen MR) is 39.8 cm³/mol. The van der Waals surface area contributed by atoms with Crippen molar-refractivity contribution in [3.63, 3.8) is 0 Å². The van der Waals surface area contributed by atoms with Crippen molar-refractivity contribution in [1.29, 1.82) is 0 Å². The molecule has 0 aliphatic carbocycles. The summed E-state index contributed by atoms with van der Waals surface area (Å²) in [4.78, 5) is 0. The molecule has 0 amide bonds. The summed E-state index contributed by atoms with van der Waals surface area (Å²) in [5.41, 5.74) is 0. The Hall–Kier alpha value is -0.0800. The summed E-state index contributed by atoms with van der Waals surface area (Å²) in [6.45, 7) is 3.69. The highest BCUT2D eigenvalue weighted by atomic mass is 16.7. The van der Waals surface area contributed by atoms with E-state index in [-0.39, 0.29) is 6.29 Å². The normalized spacial score (nSPS) is 24.9. The minimum Gasteiger partial charge on any atom is -0.353 e. The average molecular weight is 144 g/mol. The third-order valence-corrected chi connectivity index (χ3v) is 1.74. The summed E-state index contributed by atoms with van der Waals surface area (Å²) < 4.78 is 10.7. The second kappa shape index (κ2) is 4.69. The zero-order valence-corrected chi connectivity index (χ0v) is 6.64. The van der Waals surface area contributed by atoms with E-state index in [2.05, 4.69) is 0 Å². The number of hydrogen-bond acceptors (Lipinski definition) is 2. The molecule has 0 aromatic heterocycles. The van der Waals surface area contributed by atoms with Crippen LogP contribution in [0.15, 0.2) is 0 Å². The van der Waals surface area contributed by atoms with Gasteiger partial charge in [-0.05, 0) is 19.8 Å². The van der Waals surface area contributed by atoms with Crippen molar-refractivity contribution in [1.82, 2.24) is 0 Å². The third kappa shape index (κ3) is 3.18. The Kier molecular flexibility index (Phi) is 3.76. The Balaban J connectivity index is 2.15. The lowest BCUT2D eigenvalue weighted by molar-refractivity contribution is -0.127. The molecule has 0 unspecified atom stereocenters. The van der Waals surface area contributed by atoms with E-state index in [0.717, 1.165) is 13.2 Å². The maximum atomic E-state index is 5.34. The molecular formula is C8H16O2. The molecule has 0 atom stereocenters. The molecule has 0 bridgehead atoms. The summed E-state index contributed by atoms with van der Waals surface area (Å²) in [6.07, 6.45) is 4.96. The van der Waals surface area contributed by atoms with Gasteiger partial charge in [-0.15, -0.1) is 0 Å². The maximum absolute atomic E-state index is 5.34. The minimum atomic E-state index is 0.0121. The zero-order chi connectivity index (χ0) is 7.23. The molecule has 10 heavy (non-hydrogen) atoms. The van der Waals surface area contributed by atoms with Crippen LogP contribution < -0.4 is 0 Å². The molecule has 2 heteroatoms. The molecule has 1 saturated heterocycles. The first-order valence-electron chi connectivity index (χ1n) is 4.13. The molecule has 1 aliphatic rings. The fourth-order valence-corrected chi connectivity index (χ4v) is 1.10. The molecule has 1 aliphatic heterocycles. The molecule has 0 saturated carbocycles. The van der Waals surface area contributed by atoms with Gasteiger partial charge in [0, 0.05) is 13.2 Å². The van der Waals surface area contributed by atoms with E-state index >= 15 is 0 Å². The van der Waals surface area contributed by atoms with Gasteiger partial charge in [0.1, 0.15) is 0 Å². The molecule has 0 N–H and O–H groups in total. The summed E-state index contributed by atoms with van der Waals surface area (Å²) in [5, 5.41) is 0. The molecule has 0 radical (unpaired) electrons. The van der Waals surface area contributed by atoms with Gasteiger partial charge >= 0.3 is 0 Å². The summed E-state index contributed by atoms with van der Waals surface area (Å²) in [7, 11) is 0. The number of ether oxygens (including phenoxy) is 2. The van der Waals surface area contributed by atoms with E-state index in [4.69, 9.17) is 9.47 Å². The van der Waals surface area contributed by atoms with E-state index in [1.165, 1.54) is 25.7 Å². The van der Waals surface area contributed by atoms with Crippen LogP contribution >= 0.6 is 0 Å². The molecular weight excluding hydrogens is 128 g/mol. The quantitative estimate of drug-likeness (QED) is 0.517. The highest BCUT2D eigenvalue weighted by Gasteiger charge is 2.03. The van der Waals surface area contributed by atoms with E-state index in [1.54, 1.807) is 0 Å². The Bertz CT molecular complexity index is 73.3. The fourth-order valence-electron chi connectivity index (χ4n) is 1.10. The van der Waals surface area contributed by atoms with Crippen LogP contribution in [0, 0.1) is 0 Å². The summed E-state index contributed by atoms with van der Waals surface area (Å²) in [6, 6.07) is 0. The van der Waals surface area contributed by atoms with Crippen molar-refractivity contribution in [3.05, 3.63) is 0 Å². The van der Waals surface area contributed by atoms with Gasteiger partial charge in [0.15, 0.2) is 6.29 Å². The average Bonchev–Trinajstić information content (AvgIpc) is 2.02. The van der Waals surface area contributed by atoms with Crippen molar-refractivity contribution < 1.29 is 9.47 Å². The Morgan fingerprint density at radius 2 is 1.40 bits per heavy atom. The van der Waals surface area contributed by atoms with Crippen LogP contribution in [0.25, 0.3) is 0 Å². The predicted octanol–water partition coefficient (Wildman–Crippen LogP) is 1.94. The van der Waals surface area contributed by atoms with Crippen LogP contribution in [0.4, 0.5) is 0 Å². The first-order chi connectivity index (χ1) is 4.89. The first-order valence-corrected chi connectivity index (χ1v) is 4.13. The van der Waals surface area contributed by atoms with E-state index in [0.29, 0.717) is 0 Å². The van der Waals surface area contributed by atoms with E-state index < -0.39 is 0 Å². The fraction of sp³-hybridized carbons (Fsp3) is 1.00. The molecule has 60 valence electrons. The van der Waals surface area contributed by atoms with Crippen LogP contribution in [-0.4, -0.2) is 19.5 Å². The van der Waals surface area contributed by atoms with Gasteiger partial charge in [-0.3, -0.25) is 0 Å². The van der Waals surface area contributed by atoms with Crippen molar-refractivity contribution in [2.75, 3.05) is 13.2 Å². The van der Waals surface area contributed by atoms with E-state index in [9.17, 15) is 0 Å². The summed E-state index contributed by atoms with van der Waals surface area (Å²) in [5.74, 6) is 0. The van der Waals surface area contributed by atoms with E-state index in [1.807, 2.05) is 6.92 Å². The Labute approximate surface area is 62.5 Å². The van der Waals surface area contributed by atoms with Crippen molar-refractivity contribution in [3.8, 4) is 0 Å². The van der Waals surface area contributed by atoms with Crippen LogP contribution in [0.3, 0.4) is 0 Å². The highest BCUT2D eigenvalue weighted by molar-refractivity contribution is 4.46. The standard InChI is InChI=1S/C8H16O2/c1-8-9-6-4-2-3-5-7-10-8/h8H,2-7H2,1H3. The third-order valence-electron chi connectivity index (χ3n) is 1.74. The van der Waals surface area contributed by atoms with Gasteiger partial charge < -0.3 is 9.47 Å². The zero-order valence-electron chi connectivity index (χ0n) is 6.64.